The fourth-order valence-corrected chi connectivity index (χ4v) is 4.70. The number of unbranched alkanes of at least 4 members (excludes halogenated alkanes) is 1. The molecule has 2 heterocycles. The van der Waals surface area contributed by atoms with Crippen LogP contribution < -0.4 is 5.32 Å². The van der Waals surface area contributed by atoms with Crippen molar-refractivity contribution in [3.8, 4) is 22.5 Å². The van der Waals surface area contributed by atoms with Crippen LogP contribution in [0, 0.1) is 0 Å². The van der Waals surface area contributed by atoms with Crippen LogP contribution in [0.4, 0.5) is 0 Å². The average Bonchev–Trinajstić information content (AvgIpc) is 3.58. The van der Waals surface area contributed by atoms with Gasteiger partial charge in [-0.25, -0.2) is 4.98 Å². The zero-order valence-electron chi connectivity index (χ0n) is 22.1. The van der Waals surface area contributed by atoms with E-state index in [2.05, 4.69) is 66.7 Å². The fourth-order valence-electron chi connectivity index (χ4n) is 4.44. The number of hydrogen-bond donors (Lipinski definition) is 2. The highest BCUT2D eigenvalue weighted by atomic mass is 35.5. The largest absolute Gasteiger partial charge is 0.458 e. The Balaban J connectivity index is 1.57. The van der Waals surface area contributed by atoms with E-state index in [-0.39, 0.29) is 18.6 Å². The van der Waals surface area contributed by atoms with Gasteiger partial charge < -0.3 is 14.6 Å². The zero-order valence-corrected chi connectivity index (χ0v) is 22.8. The van der Waals surface area contributed by atoms with Crippen molar-refractivity contribution in [2.24, 2.45) is 0 Å². The predicted octanol–water partition coefficient (Wildman–Crippen LogP) is 5.21. The van der Waals surface area contributed by atoms with E-state index < -0.39 is 0 Å². The van der Waals surface area contributed by atoms with Crippen molar-refractivity contribution < 1.29 is 9.53 Å². The molecule has 0 saturated heterocycles. The van der Waals surface area contributed by atoms with Crippen molar-refractivity contribution in [3.63, 3.8) is 0 Å². The molecular weight excluding hydrogens is 502 g/mol. The summed E-state index contributed by atoms with van der Waals surface area (Å²) < 4.78 is 7.76. The Morgan fingerprint density at radius 1 is 1.11 bits per heavy atom. The number of ether oxygens (including phenoxy) is 1. The van der Waals surface area contributed by atoms with E-state index in [0.29, 0.717) is 29.6 Å². The van der Waals surface area contributed by atoms with E-state index in [1.807, 2.05) is 31.2 Å². The van der Waals surface area contributed by atoms with Gasteiger partial charge in [0.2, 0.25) is 5.82 Å². The first kappa shape index (κ1) is 27.5. The van der Waals surface area contributed by atoms with E-state index in [9.17, 15) is 4.79 Å². The number of imidazole rings is 1. The second kappa shape index (κ2) is 13.3. The first-order valence-electron chi connectivity index (χ1n) is 13.1. The Labute approximate surface area is 228 Å². The average molecular weight is 536 g/mol. The van der Waals surface area contributed by atoms with Gasteiger partial charge in [-0.1, -0.05) is 86.8 Å². The minimum atomic E-state index is -0.336. The van der Waals surface area contributed by atoms with Crippen molar-refractivity contribution >= 4 is 17.6 Å². The Hall–Kier alpha value is -3.56. The second-order valence-electron chi connectivity index (χ2n) is 9.17. The molecule has 0 unspecified atom stereocenters. The number of aromatic nitrogens is 6. The molecule has 2 N–H and O–H groups in total. The predicted molar refractivity (Wildman–Crippen MR) is 148 cm³/mol. The van der Waals surface area contributed by atoms with Gasteiger partial charge in [-0.2, -0.15) is 5.21 Å². The topological polar surface area (TPSA) is 111 Å². The smallest absolute Gasteiger partial charge is 0.323 e. The number of halogens is 1. The molecule has 0 aliphatic rings. The Morgan fingerprint density at radius 2 is 1.87 bits per heavy atom. The number of aryl methyl sites for hydroxylation is 1. The van der Waals surface area contributed by atoms with Crippen molar-refractivity contribution in [1.82, 2.24) is 35.5 Å². The third-order valence-electron chi connectivity index (χ3n) is 6.54. The molecule has 0 spiro atoms. The minimum Gasteiger partial charge on any atom is -0.458 e. The Bertz CT molecular complexity index is 1320. The van der Waals surface area contributed by atoms with Crippen LogP contribution in [0.3, 0.4) is 0 Å². The summed E-state index contributed by atoms with van der Waals surface area (Å²) in [6, 6.07) is 16.0. The van der Waals surface area contributed by atoms with Gasteiger partial charge in [-0.15, -0.1) is 10.2 Å². The molecule has 0 amide bonds. The number of esters is 1. The molecule has 2 aromatic carbocycles. The summed E-state index contributed by atoms with van der Waals surface area (Å²) in [6.07, 6.45) is 4.44. The maximum atomic E-state index is 12.6. The number of rotatable bonds is 13. The van der Waals surface area contributed by atoms with E-state index in [1.54, 1.807) is 7.05 Å². The van der Waals surface area contributed by atoms with Crippen LogP contribution in [0.1, 0.15) is 56.6 Å². The lowest BCUT2D eigenvalue weighted by Gasteiger charge is -2.16. The monoisotopic (exact) mass is 535 g/mol. The highest BCUT2D eigenvalue weighted by molar-refractivity contribution is 6.30. The van der Waals surface area contributed by atoms with E-state index in [4.69, 9.17) is 16.3 Å². The highest BCUT2D eigenvalue weighted by Crippen LogP contribution is 2.30. The molecule has 2 aromatic heterocycles. The van der Waals surface area contributed by atoms with E-state index >= 15 is 0 Å². The molecule has 0 fully saturated rings. The van der Waals surface area contributed by atoms with Crippen LogP contribution in [-0.2, 0) is 29.1 Å². The number of H-pyrrole nitrogens is 1. The summed E-state index contributed by atoms with van der Waals surface area (Å²) in [5, 5.41) is 17.9. The number of hydrogen-bond acceptors (Lipinski definition) is 7. The molecule has 0 radical (unpaired) electrons. The molecule has 9 nitrogen and oxygen atoms in total. The molecule has 0 saturated carbocycles. The van der Waals surface area contributed by atoms with Crippen molar-refractivity contribution in [1.29, 1.82) is 0 Å². The number of nitrogens with zero attached hydrogens (tertiary/aromatic N) is 5. The quantitative estimate of drug-likeness (QED) is 0.226. The van der Waals surface area contributed by atoms with Gasteiger partial charge in [0.15, 0.2) is 5.15 Å². The van der Waals surface area contributed by atoms with Gasteiger partial charge in [0, 0.05) is 18.5 Å². The first-order valence-corrected chi connectivity index (χ1v) is 13.4. The van der Waals surface area contributed by atoms with E-state index in [1.165, 1.54) is 0 Å². The lowest BCUT2D eigenvalue weighted by atomic mass is 9.98. The van der Waals surface area contributed by atoms with Gasteiger partial charge in [0.1, 0.15) is 18.5 Å². The molecule has 38 heavy (non-hydrogen) atoms. The van der Waals surface area contributed by atoms with Crippen molar-refractivity contribution in [2.45, 2.75) is 65.1 Å². The zero-order chi connectivity index (χ0) is 26.9. The molecule has 4 rings (SSSR count). The SMILES string of the molecule is CCCCc1nc(Cl)c(COC(=O)[C@@H](CCC)NC)n1Cc1ccc(-c2ccccc2-c2nn[nH]n2)cc1. The van der Waals surface area contributed by atoms with Crippen molar-refractivity contribution in [2.75, 3.05) is 7.05 Å². The van der Waals surface area contributed by atoms with Gasteiger partial charge >= 0.3 is 5.97 Å². The normalized spacial score (nSPS) is 12.0. The number of carbonyl (C=O) groups excluding carboxylic acids is 1. The molecule has 0 aliphatic heterocycles. The number of benzene rings is 2. The Morgan fingerprint density at radius 3 is 2.53 bits per heavy atom. The summed E-state index contributed by atoms with van der Waals surface area (Å²) in [5.74, 6) is 1.17. The number of tetrazole rings is 1. The van der Waals surface area contributed by atoms with Gasteiger partial charge in [0.05, 0.1) is 5.69 Å². The van der Waals surface area contributed by atoms with Gasteiger partial charge in [0.25, 0.3) is 0 Å². The molecular formula is C28H34ClN7O2. The summed E-state index contributed by atoms with van der Waals surface area (Å²) >= 11 is 6.57. The summed E-state index contributed by atoms with van der Waals surface area (Å²) in [6.45, 7) is 4.84. The van der Waals surface area contributed by atoms with Gasteiger partial charge in [-0.05, 0) is 41.8 Å². The van der Waals surface area contributed by atoms with Crippen LogP contribution in [-0.4, -0.2) is 49.2 Å². The van der Waals surface area contributed by atoms with E-state index in [0.717, 1.165) is 53.8 Å². The van der Waals surface area contributed by atoms with Crippen molar-refractivity contribution in [3.05, 3.63) is 70.8 Å². The third-order valence-corrected chi connectivity index (χ3v) is 6.84. The second-order valence-corrected chi connectivity index (χ2v) is 9.53. The lowest BCUT2D eigenvalue weighted by Crippen LogP contribution is -2.35. The van der Waals surface area contributed by atoms with Crippen LogP contribution in [0.25, 0.3) is 22.5 Å². The lowest BCUT2D eigenvalue weighted by molar-refractivity contribution is -0.147. The van der Waals surface area contributed by atoms with Crippen LogP contribution in [0.5, 0.6) is 0 Å². The fraction of sp³-hybridized carbons (Fsp3) is 0.393. The van der Waals surface area contributed by atoms with Crippen LogP contribution in [0.15, 0.2) is 48.5 Å². The maximum absolute atomic E-state index is 12.6. The molecule has 0 aliphatic carbocycles. The Kier molecular flexibility index (Phi) is 9.62. The number of carbonyl (C=O) groups is 1. The summed E-state index contributed by atoms with van der Waals surface area (Å²) in [5.41, 5.74) is 4.78. The van der Waals surface area contributed by atoms with Gasteiger partial charge in [-0.3, -0.25) is 4.79 Å². The molecule has 10 heteroatoms. The minimum absolute atomic E-state index is 0.0782. The number of likely N-dealkylation sites (N-methyl/N-ethyl adjacent to an activating group) is 1. The molecule has 4 aromatic rings. The molecule has 200 valence electrons. The highest BCUT2D eigenvalue weighted by Gasteiger charge is 2.21. The van der Waals surface area contributed by atoms with Crippen LogP contribution >= 0.6 is 11.6 Å². The van der Waals surface area contributed by atoms with Crippen LogP contribution in [0.2, 0.25) is 5.15 Å². The first-order chi connectivity index (χ1) is 18.5. The number of aromatic amines is 1. The third kappa shape index (κ3) is 6.46. The standard InChI is InChI=1S/C28H34ClN7O2/c1-4-6-12-25-31-26(29)24(18-38-28(37)23(30-3)9-5-2)36(25)17-19-13-15-20(16-14-19)21-10-7-8-11-22(21)27-32-34-35-33-27/h7-8,10-11,13-16,23,30H,4-6,9,12,17-18H2,1-3H3,(H,32,33,34,35)/t23-/m1/s1. The summed E-state index contributed by atoms with van der Waals surface area (Å²) in [7, 11) is 1.77. The number of nitrogens with one attached hydrogen (secondary N) is 2. The maximum Gasteiger partial charge on any atom is 0.323 e. The molecule has 1 atom stereocenters. The molecule has 0 bridgehead atoms. The summed E-state index contributed by atoms with van der Waals surface area (Å²) in [4.78, 5) is 17.2.